The molecule has 0 fully saturated rings. The third-order valence-electron chi connectivity index (χ3n) is 11.0. The van der Waals surface area contributed by atoms with E-state index in [1.54, 1.807) is 0 Å². The first-order valence-electron chi connectivity index (χ1n) is 17.5. The Morgan fingerprint density at radius 3 is 1.90 bits per heavy atom. The Bertz CT molecular complexity index is 2920. The van der Waals surface area contributed by atoms with Crippen LogP contribution in [-0.4, -0.2) is 9.55 Å². The van der Waals surface area contributed by atoms with E-state index in [4.69, 9.17) is 4.42 Å². The van der Waals surface area contributed by atoms with Gasteiger partial charge in [-0.3, -0.25) is 4.98 Å². The Kier molecular flexibility index (Phi) is 5.88. The first-order valence-corrected chi connectivity index (χ1v) is 17.5. The first-order chi connectivity index (χ1) is 25.3. The van der Waals surface area contributed by atoms with Crippen LogP contribution in [-0.2, 0) is 5.41 Å². The van der Waals surface area contributed by atoms with Crippen molar-refractivity contribution < 1.29 is 4.42 Å². The molecule has 3 heterocycles. The van der Waals surface area contributed by atoms with Gasteiger partial charge in [0.25, 0.3) is 0 Å². The van der Waals surface area contributed by atoms with Gasteiger partial charge in [0.1, 0.15) is 5.58 Å². The molecule has 1 aliphatic carbocycles. The van der Waals surface area contributed by atoms with Gasteiger partial charge in [-0.05, 0) is 63.7 Å². The third-order valence-corrected chi connectivity index (χ3v) is 11.0. The van der Waals surface area contributed by atoms with E-state index in [-0.39, 0.29) is 0 Å². The molecule has 3 heteroatoms. The van der Waals surface area contributed by atoms with Gasteiger partial charge < -0.3 is 8.98 Å². The van der Waals surface area contributed by atoms with Crippen molar-refractivity contribution in [3.05, 3.63) is 205 Å². The van der Waals surface area contributed by atoms with Crippen molar-refractivity contribution in [2.75, 3.05) is 0 Å². The Morgan fingerprint density at radius 1 is 0.451 bits per heavy atom. The summed E-state index contributed by atoms with van der Waals surface area (Å²) in [6.45, 7) is 0. The second-order valence-corrected chi connectivity index (χ2v) is 13.5. The molecular formula is C48H30N2O. The minimum absolute atomic E-state index is 0.492. The number of aromatic nitrogens is 2. The first kappa shape index (κ1) is 28.2. The lowest BCUT2D eigenvalue weighted by molar-refractivity contribution is 0.667. The van der Waals surface area contributed by atoms with Gasteiger partial charge in [0.05, 0.1) is 22.1 Å². The molecule has 0 spiro atoms. The summed E-state index contributed by atoms with van der Waals surface area (Å²) in [7, 11) is 0. The van der Waals surface area contributed by atoms with Crippen molar-refractivity contribution in [3.63, 3.8) is 0 Å². The minimum Gasteiger partial charge on any atom is -0.453 e. The highest BCUT2D eigenvalue weighted by molar-refractivity contribution is 6.15. The quantitative estimate of drug-likeness (QED) is 0.190. The lowest BCUT2D eigenvalue weighted by atomic mass is 9.67. The van der Waals surface area contributed by atoms with E-state index in [0.29, 0.717) is 0 Å². The smallest absolute Gasteiger partial charge is 0.159 e. The minimum atomic E-state index is -0.492. The maximum Gasteiger partial charge on any atom is 0.159 e. The van der Waals surface area contributed by atoms with E-state index in [1.165, 1.54) is 44.2 Å². The molecule has 3 aromatic heterocycles. The Hall–Kier alpha value is -6.71. The number of para-hydroxylation sites is 3. The van der Waals surface area contributed by atoms with E-state index in [1.807, 2.05) is 18.5 Å². The molecule has 10 aromatic rings. The molecular weight excluding hydrogens is 621 g/mol. The summed E-state index contributed by atoms with van der Waals surface area (Å²) in [5, 5.41) is 4.63. The van der Waals surface area contributed by atoms with Crippen LogP contribution in [0.4, 0.5) is 0 Å². The fourth-order valence-electron chi connectivity index (χ4n) is 8.89. The van der Waals surface area contributed by atoms with Crippen LogP contribution < -0.4 is 0 Å². The molecule has 7 aromatic carbocycles. The summed E-state index contributed by atoms with van der Waals surface area (Å²) in [4.78, 5) is 4.40. The van der Waals surface area contributed by atoms with Crippen molar-refractivity contribution in [2.45, 2.75) is 5.41 Å². The monoisotopic (exact) mass is 650 g/mol. The van der Waals surface area contributed by atoms with Crippen molar-refractivity contribution in [3.8, 4) is 27.9 Å². The summed E-state index contributed by atoms with van der Waals surface area (Å²) in [6.07, 6.45) is 3.71. The van der Waals surface area contributed by atoms with Gasteiger partial charge in [0, 0.05) is 45.1 Å². The highest BCUT2D eigenvalue weighted by Gasteiger charge is 2.46. The normalized spacial score (nSPS) is 13.3. The average Bonchev–Trinajstić information content (AvgIpc) is 3.84. The van der Waals surface area contributed by atoms with Gasteiger partial charge in [-0.25, -0.2) is 0 Å². The molecule has 1 aliphatic rings. The second kappa shape index (κ2) is 10.6. The van der Waals surface area contributed by atoms with E-state index < -0.39 is 5.41 Å². The van der Waals surface area contributed by atoms with Gasteiger partial charge in [0.2, 0.25) is 0 Å². The van der Waals surface area contributed by atoms with Crippen molar-refractivity contribution in [1.29, 1.82) is 0 Å². The van der Waals surface area contributed by atoms with Crippen LogP contribution in [0.25, 0.3) is 71.7 Å². The van der Waals surface area contributed by atoms with Crippen LogP contribution in [0.15, 0.2) is 187 Å². The van der Waals surface area contributed by atoms with E-state index >= 15 is 0 Å². The maximum atomic E-state index is 6.97. The van der Waals surface area contributed by atoms with Crippen molar-refractivity contribution in [1.82, 2.24) is 9.55 Å². The largest absolute Gasteiger partial charge is 0.453 e. The third kappa shape index (κ3) is 3.80. The summed E-state index contributed by atoms with van der Waals surface area (Å²) in [5.41, 5.74) is 14.3. The molecule has 11 rings (SSSR count). The van der Waals surface area contributed by atoms with Gasteiger partial charge in [-0.15, -0.1) is 0 Å². The number of rotatable bonds is 4. The highest BCUT2D eigenvalue weighted by Crippen LogP contribution is 2.57. The standard InChI is InChI=1S/C48H30N2O/c1-3-15-32(16-4-1)48(33-17-5-2-6-18-33)41-24-9-7-19-35(41)39-28-40-36-20-8-10-25-43(36)50(45(40)29-42(39)48)44-26-12-23-38-37-22-11-21-34(46(37)51-47(38)44)31-14-13-27-49-30-31/h1-30H. The van der Waals surface area contributed by atoms with Crippen LogP contribution in [0.5, 0.6) is 0 Å². The lowest BCUT2D eigenvalue weighted by Crippen LogP contribution is -2.28. The number of hydrogen-bond donors (Lipinski definition) is 0. The number of nitrogens with zero attached hydrogens (tertiary/aromatic N) is 2. The molecule has 51 heavy (non-hydrogen) atoms. The molecule has 0 radical (unpaired) electrons. The van der Waals surface area contributed by atoms with Gasteiger partial charge >= 0.3 is 0 Å². The van der Waals surface area contributed by atoms with Crippen molar-refractivity contribution in [2.24, 2.45) is 0 Å². The fourth-order valence-corrected chi connectivity index (χ4v) is 8.89. The van der Waals surface area contributed by atoms with Gasteiger partial charge in [-0.2, -0.15) is 0 Å². The number of furan rings is 1. The van der Waals surface area contributed by atoms with Crippen LogP contribution >= 0.6 is 0 Å². The molecule has 0 N–H and O–H groups in total. The molecule has 3 nitrogen and oxygen atoms in total. The van der Waals surface area contributed by atoms with Crippen LogP contribution in [0.1, 0.15) is 22.3 Å². The second-order valence-electron chi connectivity index (χ2n) is 13.5. The summed E-state index contributed by atoms with van der Waals surface area (Å²) < 4.78 is 9.38. The van der Waals surface area contributed by atoms with E-state index in [0.717, 1.165) is 49.8 Å². The van der Waals surface area contributed by atoms with Crippen LogP contribution in [0.3, 0.4) is 0 Å². The molecule has 0 unspecified atom stereocenters. The summed E-state index contributed by atoms with van der Waals surface area (Å²) >= 11 is 0. The summed E-state index contributed by atoms with van der Waals surface area (Å²) in [6, 6.07) is 61.7. The Labute approximate surface area is 294 Å². The molecule has 0 bridgehead atoms. The van der Waals surface area contributed by atoms with Crippen LogP contribution in [0.2, 0.25) is 0 Å². The molecule has 0 atom stereocenters. The molecule has 0 aliphatic heterocycles. The molecule has 0 saturated carbocycles. The van der Waals surface area contributed by atoms with E-state index in [9.17, 15) is 0 Å². The Morgan fingerprint density at radius 2 is 1.12 bits per heavy atom. The lowest BCUT2D eigenvalue weighted by Gasteiger charge is -2.34. The molecule has 0 saturated heterocycles. The topological polar surface area (TPSA) is 31.0 Å². The number of fused-ring (bicyclic) bond motifs is 9. The molecule has 0 amide bonds. The maximum absolute atomic E-state index is 6.97. The predicted octanol–water partition coefficient (Wildman–Crippen LogP) is 12.1. The Balaban J connectivity index is 1.27. The van der Waals surface area contributed by atoms with Crippen LogP contribution in [0, 0.1) is 0 Å². The summed E-state index contributed by atoms with van der Waals surface area (Å²) in [5.74, 6) is 0. The zero-order chi connectivity index (χ0) is 33.5. The SMILES string of the molecule is c1ccc(C2(c3ccccc3)c3ccccc3-c3cc4c5ccccc5n(-c5cccc6c5oc5c(-c7cccnc7)cccc56)c4cc32)cc1. The predicted molar refractivity (Wildman–Crippen MR) is 209 cm³/mol. The highest BCUT2D eigenvalue weighted by atomic mass is 16.3. The fraction of sp³-hybridized carbons (Fsp3) is 0.0208. The molecule has 238 valence electrons. The number of hydrogen-bond acceptors (Lipinski definition) is 2. The van der Waals surface area contributed by atoms with Crippen molar-refractivity contribution >= 4 is 43.7 Å². The van der Waals surface area contributed by atoms with Gasteiger partial charge in [0.15, 0.2) is 5.58 Å². The average molecular weight is 651 g/mol. The van der Waals surface area contributed by atoms with E-state index in [2.05, 4.69) is 173 Å². The number of pyridine rings is 1. The zero-order valence-electron chi connectivity index (χ0n) is 27.6. The number of benzene rings is 7. The van der Waals surface area contributed by atoms with Gasteiger partial charge in [-0.1, -0.05) is 140 Å². The zero-order valence-corrected chi connectivity index (χ0v) is 27.6.